The van der Waals surface area contributed by atoms with Crippen molar-refractivity contribution >= 4 is 46.1 Å². The lowest BCUT2D eigenvalue weighted by Gasteiger charge is -2.26. The van der Waals surface area contributed by atoms with Gasteiger partial charge in [0.15, 0.2) is 0 Å². The van der Waals surface area contributed by atoms with Gasteiger partial charge in [0.05, 0.1) is 12.2 Å². The number of ether oxygens (including phenoxy) is 1. The van der Waals surface area contributed by atoms with Crippen LogP contribution in [0.2, 0.25) is 5.02 Å². The Balaban J connectivity index is 1.70. The molecule has 1 amide bonds. The Morgan fingerprint density at radius 3 is 2.81 bits per heavy atom. The molecular formula is C25H20ClNO4S. The average Bonchev–Trinajstić information content (AvgIpc) is 3.42. The Morgan fingerprint density at radius 2 is 2.03 bits per heavy atom. The number of rotatable bonds is 3. The minimum absolute atomic E-state index is 0.0773. The minimum atomic E-state index is -0.737. The molecule has 0 saturated carbocycles. The number of benzene rings is 2. The van der Waals surface area contributed by atoms with E-state index in [2.05, 4.69) is 0 Å². The summed E-state index contributed by atoms with van der Waals surface area (Å²) in [6, 6.07) is 13.6. The van der Waals surface area contributed by atoms with Crippen molar-refractivity contribution in [3.63, 3.8) is 0 Å². The number of hydrogen-bond acceptors (Lipinski definition) is 5. The highest BCUT2D eigenvalue weighted by Crippen LogP contribution is 2.45. The average molecular weight is 466 g/mol. The van der Waals surface area contributed by atoms with Gasteiger partial charge in [0.1, 0.15) is 17.6 Å². The first kappa shape index (κ1) is 20.8. The van der Waals surface area contributed by atoms with Gasteiger partial charge in [-0.25, -0.2) is 0 Å². The predicted octanol–water partition coefficient (Wildman–Crippen LogP) is 5.66. The fraction of sp³-hybridized carbons (Fsp3) is 0.200. The van der Waals surface area contributed by atoms with E-state index in [4.69, 9.17) is 16.3 Å². The molecule has 2 aliphatic rings. The molecule has 1 N–H and O–H groups in total. The van der Waals surface area contributed by atoms with Crippen molar-refractivity contribution in [2.45, 2.75) is 25.8 Å². The van der Waals surface area contributed by atoms with Gasteiger partial charge < -0.3 is 9.84 Å². The van der Waals surface area contributed by atoms with Crippen LogP contribution in [0.25, 0.3) is 5.76 Å². The van der Waals surface area contributed by atoms with Crippen molar-refractivity contribution in [1.29, 1.82) is 0 Å². The van der Waals surface area contributed by atoms with Crippen LogP contribution in [-0.2, 0) is 16.0 Å². The van der Waals surface area contributed by atoms with Crippen LogP contribution < -0.4 is 9.64 Å². The Morgan fingerprint density at radius 1 is 1.19 bits per heavy atom. The summed E-state index contributed by atoms with van der Waals surface area (Å²) >= 11 is 7.75. The molecule has 5 nitrogen and oxygen atoms in total. The first-order chi connectivity index (χ1) is 15.5. The summed E-state index contributed by atoms with van der Waals surface area (Å²) in [6.45, 7) is 2.48. The normalized spacial score (nSPS) is 19.7. The van der Waals surface area contributed by atoms with Crippen molar-refractivity contribution in [2.24, 2.45) is 0 Å². The number of hydrogen-bond donors (Lipinski definition) is 1. The number of aryl methyl sites for hydroxylation is 1. The van der Waals surface area contributed by atoms with Gasteiger partial charge in [0.2, 0.25) is 0 Å². The van der Waals surface area contributed by atoms with E-state index in [9.17, 15) is 14.7 Å². The van der Waals surface area contributed by atoms with Gasteiger partial charge in [0, 0.05) is 21.2 Å². The van der Waals surface area contributed by atoms with Crippen molar-refractivity contribution in [3.05, 3.63) is 86.1 Å². The molecule has 1 atom stereocenters. The first-order valence-electron chi connectivity index (χ1n) is 10.3. The molecule has 5 rings (SSSR count). The third kappa shape index (κ3) is 3.31. The third-order valence-electron chi connectivity index (χ3n) is 5.94. The Bertz CT molecular complexity index is 1260. The van der Waals surface area contributed by atoms with E-state index in [1.54, 1.807) is 30.3 Å². The quantitative estimate of drug-likeness (QED) is 0.308. The van der Waals surface area contributed by atoms with Gasteiger partial charge >= 0.3 is 0 Å². The number of carbonyl (C=O) groups is 2. The van der Waals surface area contributed by atoms with Crippen LogP contribution in [-0.4, -0.2) is 23.4 Å². The van der Waals surface area contributed by atoms with Gasteiger partial charge in [-0.1, -0.05) is 23.7 Å². The lowest BCUT2D eigenvalue weighted by atomic mass is 9.97. The van der Waals surface area contributed by atoms with Crippen molar-refractivity contribution in [2.75, 3.05) is 11.5 Å². The van der Waals surface area contributed by atoms with Crippen molar-refractivity contribution < 1.29 is 19.4 Å². The van der Waals surface area contributed by atoms with Crippen LogP contribution in [0.4, 0.5) is 5.69 Å². The van der Waals surface area contributed by atoms with E-state index in [0.29, 0.717) is 28.4 Å². The molecule has 1 saturated heterocycles. The van der Waals surface area contributed by atoms with Gasteiger partial charge in [-0.15, -0.1) is 11.3 Å². The van der Waals surface area contributed by atoms with E-state index in [1.807, 2.05) is 30.5 Å². The number of thiophene rings is 1. The van der Waals surface area contributed by atoms with Crippen LogP contribution in [0, 0.1) is 6.92 Å². The maximum Gasteiger partial charge on any atom is 0.300 e. The predicted molar refractivity (Wildman–Crippen MR) is 126 cm³/mol. The van der Waals surface area contributed by atoms with Crippen LogP contribution in [0.3, 0.4) is 0 Å². The van der Waals surface area contributed by atoms with Crippen LogP contribution in [0.5, 0.6) is 5.75 Å². The molecule has 0 aliphatic carbocycles. The fourth-order valence-electron chi connectivity index (χ4n) is 4.32. The summed E-state index contributed by atoms with van der Waals surface area (Å²) < 4.78 is 5.66. The molecule has 2 aromatic carbocycles. The monoisotopic (exact) mass is 465 g/mol. The lowest BCUT2D eigenvalue weighted by Crippen LogP contribution is -2.29. The smallest absolute Gasteiger partial charge is 0.300 e. The number of aliphatic hydroxyl groups excluding tert-OH is 1. The molecule has 7 heteroatoms. The molecular weight excluding hydrogens is 446 g/mol. The van der Waals surface area contributed by atoms with E-state index in [-0.39, 0.29) is 11.3 Å². The number of fused-ring (bicyclic) bond motifs is 1. The largest absolute Gasteiger partial charge is 0.507 e. The number of halogens is 1. The van der Waals surface area contributed by atoms with Gasteiger partial charge in [-0.05, 0) is 72.7 Å². The molecule has 1 aromatic heterocycles. The van der Waals surface area contributed by atoms with Crippen molar-refractivity contribution in [3.8, 4) is 5.75 Å². The lowest BCUT2D eigenvalue weighted by molar-refractivity contribution is -0.132. The summed E-state index contributed by atoms with van der Waals surface area (Å²) in [6.07, 6.45) is 1.73. The molecule has 3 aromatic rings. The van der Waals surface area contributed by atoms with Crippen LogP contribution in [0.1, 0.15) is 34.0 Å². The van der Waals surface area contributed by atoms with E-state index >= 15 is 0 Å². The van der Waals surface area contributed by atoms with E-state index in [1.165, 1.54) is 16.2 Å². The zero-order valence-electron chi connectivity index (χ0n) is 17.3. The summed E-state index contributed by atoms with van der Waals surface area (Å²) in [5, 5.41) is 13.7. The molecule has 3 heterocycles. The standard InChI is InChI=1S/C25H20ClNO4S/c1-14-17(26)6-2-7-18(14)27-22(20-8-4-12-32-20)21(24(29)25(27)30)23(28)16-9-10-19-15(13-16)5-3-11-31-19/h2,4,6-10,12-13,22,28H,3,5,11H2,1H3/b23-21-. The molecule has 1 unspecified atom stereocenters. The molecule has 0 bridgehead atoms. The molecule has 0 spiro atoms. The summed E-state index contributed by atoms with van der Waals surface area (Å²) in [7, 11) is 0. The highest BCUT2D eigenvalue weighted by Gasteiger charge is 2.48. The van der Waals surface area contributed by atoms with Crippen LogP contribution >= 0.6 is 22.9 Å². The maximum atomic E-state index is 13.2. The topological polar surface area (TPSA) is 66.8 Å². The second-order valence-corrected chi connectivity index (χ2v) is 9.23. The van der Waals surface area contributed by atoms with Gasteiger partial charge in [-0.2, -0.15) is 0 Å². The molecule has 162 valence electrons. The minimum Gasteiger partial charge on any atom is -0.507 e. The zero-order valence-corrected chi connectivity index (χ0v) is 18.9. The number of aliphatic hydroxyl groups is 1. The highest BCUT2D eigenvalue weighted by atomic mass is 35.5. The summed E-state index contributed by atoms with van der Waals surface area (Å²) in [4.78, 5) is 28.7. The number of amides is 1. The third-order valence-corrected chi connectivity index (χ3v) is 7.27. The second-order valence-electron chi connectivity index (χ2n) is 7.84. The summed E-state index contributed by atoms with van der Waals surface area (Å²) in [5.74, 6) is -0.791. The molecule has 32 heavy (non-hydrogen) atoms. The van der Waals surface area contributed by atoms with E-state index in [0.717, 1.165) is 29.0 Å². The number of anilines is 1. The van der Waals surface area contributed by atoms with Crippen LogP contribution in [0.15, 0.2) is 59.5 Å². The van der Waals surface area contributed by atoms with Gasteiger partial charge in [0.25, 0.3) is 11.7 Å². The Kier molecular flexibility index (Phi) is 5.27. The number of ketones is 1. The number of carbonyl (C=O) groups excluding carboxylic acids is 2. The zero-order chi connectivity index (χ0) is 22.4. The maximum absolute atomic E-state index is 13.2. The Labute approximate surface area is 194 Å². The van der Waals surface area contributed by atoms with Crippen molar-refractivity contribution in [1.82, 2.24) is 0 Å². The highest BCUT2D eigenvalue weighted by molar-refractivity contribution is 7.10. The number of Topliss-reactive ketones (excluding diaryl/α,β-unsaturated/α-hetero) is 1. The number of nitrogens with zero attached hydrogens (tertiary/aromatic N) is 1. The fourth-order valence-corrected chi connectivity index (χ4v) is 5.31. The molecule has 2 aliphatic heterocycles. The summed E-state index contributed by atoms with van der Waals surface area (Å²) in [5.41, 5.74) is 2.80. The SMILES string of the molecule is Cc1c(Cl)cccc1N1C(=O)C(=O)/C(=C(\O)c2ccc3c(c2)CCCO3)C1c1cccs1. The van der Waals surface area contributed by atoms with Gasteiger partial charge in [-0.3, -0.25) is 14.5 Å². The molecule has 0 radical (unpaired) electrons. The molecule has 1 fully saturated rings. The second kappa shape index (κ2) is 8.11. The first-order valence-corrected chi connectivity index (χ1v) is 11.6. The van der Waals surface area contributed by atoms with E-state index < -0.39 is 17.7 Å². The Hall–Kier alpha value is -3.09.